The summed E-state index contributed by atoms with van der Waals surface area (Å²) < 4.78 is 0. The van der Waals surface area contributed by atoms with Crippen molar-refractivity contribution in [3.63, 3.8) is 0 Å². The van der Waals surface area contributed by atoms with Crippen LogP contribution in [-0.4, -0.2) is 30.0 Å². The molecule has 1 atom stereocenters. The number of hydrogen-bond donors (Lipinski definition) is 1. The molecule has 1 heterocycles. The van der Waals surface area contributed by atoms with Crippen LogP contribution in [-0.2, 0) is 6.42 Å². The molecule has 21 heavy (non-hydrogen) atoms. The molecule has 2 rings (SSSR count). The summed E-state index contributed by atoms with van der Waals surface area (Å²) >= 11 is 0. The Morgan fingerprint density at radius 2 is 2.00 bits per heavy atom. The van der Waals surface area contributed by atoms with E-state index in [1.807, 2.05) is 18.3 Å². The maximum atomic E-state index is 6.02. The van der Waals surface area contributed by atoms with Crippen LogP contribution in [0.3, 0.4) is 0 Å². The number of benzene rings is 1. The van der Waals surface area contributed by atoms with Crippen molar-refractivity contribution in [2.24, 2.45) is 5.73 Å². The summed E-state index contributed by atoms with van der Waals surface area (Å²) in [6.45, 7) is 5.87. The minimum absolute atomic E-state index is 0.259. The number of pyridine rings is 1. The smallest absolute Gasteiger partial charge is 0.0470 e. The zero-order valence-corrected chi connectivity index (χ0v) is 13.2. The van der Waals surface area contributed by atoms with Gasteiger partial charge in [0.1, 0.15) is 0 Å². The van der Waals surface area contributed by atoms with Crippen LogP contribution in [0.2, 0.25) is 0 Å². The van der Waals surface area contributed by atoms with Crippen molar-refractivity contribution < 1.29 is 0 Å². The Labute approximate surface area is 127 Å². The third-order valence-corrected chi connectivity index (χ3v) is 3.99. The Kier molecular flexibility index (Phi) is 5.48. The SMILES string of the molecule is Cc1ccc(C(CN)N(C)CCc2ccccn2)c(C)c1. The number of nitrogens with two attached hydrogens (primary N) is 1. The predicted molar refractivity (Wildman–Crippen MR) is 88.3 cm³/mol. The Morgan fingerprint density at radius 3 is 2.62 bits per heavy atom. The number of rotatable bonds is 6. The molecule has 0 aliphatic rings. The second kappa shape index (κ2) is 7.34. The molecule has 0 saturated heterocycles. The maximum absolute atomic E-state index is 6.02. The van der Waals surface area contributed by atoms with E-state index in [1.165, 1.54) is 16.7 Å². The van der Waals surface area contributed by atoms with E-state index in [2.05, 4.69) is 55.0 Å². The van der Waals surface area contributed by atoms with Crippen molar-refractivity contribution in [1.82, 2.24) is 9.88 Å². The van der Waals surface area contributed by atoms with Gasteiger partial charge in [-0.3, -0.25) is 9.88 Å². The summed E-state index contributed by atoms with van der Waals surface area (Å²) in [6, 6.07) is 12.9. The summed E-state index contributed by atoms with van der Waals surface area (Å²) in [5, 5.41) is 0. The third kappa shape index (κ3) is 4.13. The van der Waals surface area contributed by atoms with Crippen LogP contribution in [0.1, 0.15) is 28.4 Å². The van der Waals surface area contributed by atoms with Crippen LogP contribution in [0, 0.1) is 13.8 Å². The lowest BCUT2D eigenvalue weighted by molar-refractivity contribution is 0.252. The summed E-state index contributed by atoms with van der Waals surface area (Å²) in [5.41, 5.74) is 11.1. The number of likely N-dealkylation sites (N-methyl/N-ethyl adjacent to an activating group) is 1. The number of aromatic nitrogens is 1. The Morgan fingerprint density at radius 1 is 1.19 bits per heavy atom. The molecule has 3 nitrogen and oxygen atoms in total. The monoisotopic (exact) mass is 283 g/mol. The molecule has 0 aliphatic heterocycles. The van der Waals surface area contributed by atoms with Crippen molar-refractivity contribution in [3.8, 4) is 0 Å². The van der Waals surface area contributed by atoms with Gasteiger partial charge in [0, 0.05) is 37.4 Å². The fourth-order valence-electron chi connectivity index (χ4n) is 2.74. The van der Waals surface area contributed by atoms with Gasteiger partial charge in [0.25, 0.3) is 0 Å². The summed E-state index contributed by atoms with van der Waals surface area (Å²) in [4.78, 5) is 6.71. The van der Waals surface area contributed by atoms with Crippen LogP contribution in [0.25, 0.3) is 0 Å². The Bertz CT molecular complexity index is 566. The van der Waals surface area contributed by atoms with Gasteiger partial charge in [-0.25, -0.2) is 0 Å². The van der Waals surface area contributed by atoms with Crippen molar-refractivity contribution in [2.45, 2.75) is 26.3 Å². The molecule has 1 aromatic heterocycles. The maximum Gasteiger partial charge on any atom is 0.0470 e. The first-order valence-electron chi connectivity index (χ1n) is 7.49. The molecule has 1 aromatic carbocycles. The molecule has 0 radical (unpaired) electrons. The van der Waals surface area contributed by atoms with Crippen molar-refractivity contribution in [2.75, 3.05) is 20.1 Å². The summed E-state index contributed by atoms with van der Waals surface area (Å²) in [5.74, 6) is 0. The second-order valence-electron chi connectivity index (χ2n) is 5.66. The molecule has 0 saturated carbocycles. The van der Waals surface area contributed by atoms with Gasteiger partial charge in [0.05, 0.1) is 0 Å². The van der Waals surface area contributed by atoms with Crippen LogP contribution in [0.5, 0.6) is 0 Å². The lowest BCUT2D eigenvalue weighted by Gasteiger charge is -2.28. The number of aryl methyl sites for hydroxylation is 2. The van der Waals surface area contributed by atoms with Crippen molar-refractivity contribution in [1.29, 1.82) is 0 Å². The van der Waals surface area contributed by atoms with E-state index < -0.39 is 0 Å². The molecule has 2 aromatic rings. The van der Waals surface area contributed by atoms with Crippen LogP contribution >= 0.6 is 0 Å². The van der Waals surface area contributed by atoms with Crippen molar-refractivity contribution >= 4 is 0 Å². The first kappa shape index (κ1) is 15.7. The van der Waals surface area contributed by atoms with E-state index in [9.17, 15) is 0 Å². The van der Waals surface area contributed by atoms with E-state index >= 15 is 0 Å². The quantitative estimate of drug-likeness (QED) is 0.886. The molecule has 0 spiro atoms. The second-order valence-corrected chi connectivity index (χ2v) is 5.66. The fourth-order valence-corrected chi connectivity index (χ4v) is 2.74. The molecule has 0 aliphatic carbocycles. The largest absolute Gasteiger partial charge is 0.329 e. The first-order valence-corrected chi connectivity index (χ1v) is 7.49. The lowest BCUT2D eigenvalue weighted by Crippen LogP contribution is -2.32. The summed E-state index contributed by atoms with van der Waals surface area (Å²) in [6.07, 6.45) is 2.79. The lowest BCUT2D eigenvalue weighted by atomic mass is 9.98. The number of hydrogen-bond acceptors (Lipinski definition) is 3. The highest BCUT2D eigenvalue weighted by atomic mass is 15.1. The molecule has 0 amide bonds. The van der Waals surface area contributed by atoms with E-state index in [0.29, 0.717) is 6.54 Å². The minimum atomic E-state index is 0.259. The van der Waals surface area contributed by atoms with Crippen LogP contribution in [0.4, 0.5) is 0 Å². The standard InChI is InChI=1S/C18H25N3/c1-14-7-8-17(15(2)12-14)18(13-19)21(3)11-9-16-6-4-5-10-20-16/h4-8,10,12,18H,9,11,13,19H2,1-3H3. The van der Waals surface area contributed by atoms with E-state index in [0.717, 1.165) is 18.7 Å². The van der Waals surface area contributed by atoms with Crippen LogP contribution in [0.15, 0.2) is 42.6 Å². The normalized spacial score (nSPS) is 12.6. The van der Waals surface area contributed by atoms with E-state index in [4.69, 9.17) is 5.73 Å². The third-order valence-electron chi connectivity index (χ3n) is 3.99. The summed E-state index contributed by atoms with van der Waals surface area (Å²) in [7, 11) is 2.14. The zero-order chi connectivity index (χ0) is 15.2. The fraction of sp³-hybridized carbons (Fsp3) is 0.389. The van der Waals surface area contributed by atoms with Crippen molar-refractivity contribution in [3.05, 3.63) is 65.0 Å². The number of nitrogens with zero attached hydrogens (tertiary/aromatic N) is 2. The van der Waals surface area contributed by atoms with Gasteiger partial charge < -0.3 is 5.73 Å². The molecule has 3 heteroatoms. The van der Waals surface area contributed by atoms with E-state index in [-0.39, 0.29) is 6.04 Å². The molecular formula is C18H25N3. The van der Waals surface area contributed by atoms with Gasteiger partial charge in [-0.05, 0) is 44.2 Å². The first-order chi connectivity index (χ1) is 10.1. The molecular weight excluding hydrogens is 258 g/mol. The highest BCUT2D eigenvalue weighted by Gasteiger charge is 2.17. The van der Waals surface area contributed by atoms with Gasteiger partial charge in [-0.2, -0.15) is 0 Å². The van der Waals surface area contributed by atoms with Gasteiger partial charge in [0.2, 0.25) is 0 Å². The zero-order valence-electron chi connectivity index (χ0n) is 13.2. The minimum Gasteiger partial charge on any atom is -0.329 e. The van der Waals surface area contributed by atoms with Gasteiger partial charge in [-0.1, -0.05) is 29.8 Å². The Balaban J connectivity index is 2.06. The highest BCUT2D eigenvalue weighted by Crippen LogP contribution is 2.23. The van der Waals surface area contributed by atoms with Gasteiger partial charge in [-0.15, -0.1) is 0 Å². The predicted octanol–water partition coefficient (Wildman–Crippen LogP) is 2.87. The molecule has 112 valence electrons. The average Bonchev–Trinajstić information content (AvgIpc) is 2.49. The highest BCUT2D eigenvalue weighted by molar-refractivity contribution is 5.33. The molecule has 2 N–H and O–H groups in total. The topological polar surface area (TPSA) is 42.1 Å². The molecule has 0 bridgehead atoms. The van der Waals surface area contributed by atoms with Gasteiger partial charge in [0.15, 0.2) is 0 Å². The van der Waals surface area contributed by atoms with E-state index in [1.54, 1.807) is 0 Å². The molecule has 0 fully saturated rings. The average molecular weight is 283 g/mol. The van der Waals surface area contributed by atoms with Gasteiger partial charge >= 0.3 is 0 Å². The Hall–Kier alpha value is -1.71. The molecule has 1 unspecified atom stereocenters. The van der Waals surface area contributed by atoms with Crippen LogP contribution < -0.4 is 5.73 Å².